The van der Waals surface area contributed by atoms with Crippen LogP contribution < -0.4 is 0 Å². The first-order valence-corrected chi connectivity index (χ1v) is 3.28. The summed E-state index contributed by atoms with van der Waals surface area (Å²) < 4.78 is 0. The molecule has 0 aromatic rings. The molecule has 0 aromatic carbocycles. The third-order valence-corrected chi connectivity index (χ3v) is 1.11. The molecule has 0 nitrogen and oxygen atoms in total. The fourth-order valence-corrected chi connectivity index (χ4v) is 0.817. The molecule has 0 heteroatoms. The van der Waals surface area contributed by atoms with Crippen molar-refractivity contribution in [1.82, 2.24) is 0 Å². The largest absolute Gasteiger partial charge is 0.103 e. The van der Waals surface area contributed by atoms with Crippen molar-refractivity contribution in [3.63, 3.8) is 0 Å². The summed E-state index contributed by atoms with van der Waals surface area (Å²) in [4.78, 5) is 0. The van der Waals surface area contributed by atoms with Crippen molar-refractivity contribution in [2.24, 2.45) is 5.92 Å². The van der Waals surface area contributed by atoms with E-state index in [-0.39, 0.29) is 0 Å². The highest BCUT2D eigenvalue weighted by molar-refractivity contribution is 5.03. The number of hydrogen-bond acceptors (Lipinski definition) is 0. The molecule has 0 aliphatic heterocycles. The van der Waals surface area contributed by atoms with Gasteiger partial charge in [0.15, 0.2) is 0 Å². The first-order chi connectivity index (χ1) is 4.16. The highest BCUT2D eigenvalue weighted by Gasteiger charge is 1.91. The molecular formula is C9H15. The van der Waals surface area contributed by atoms with Crippen LogP contribution in [0.25, 0.3) is 0 Å². The normalized spacial score (nSPS) is 15.2. The Morgan fingerprint density at radius 2 is 2.22 bits per heavy atom. The summed E-state index contributed by atoms with van der Waals surface area (Å²) in [5, 5.41) is 0. The summed E-state index contributed by atoms with van der Waals surface area (Å²) in [5.74, 6) is 0.597. The minimum Gasteiger partial charge on any atom is -0.103 e. The summed E-state index contributed by atoms with van der Waals surface area (Å²) in [6, 6.07) is 0. The average molecular weight is 123 g/mol. The van der Waals surface area contributed by atoms with Crippen LogP contribution in [-0.4, -0.2) is 0 Å². The summed E-state index contributed by atoms with van der Waals surface area (Å²) in [6.07, 6.45) is 5.14. The van der Waals surface area contributed by atoms with Crippen molar-refractivity contribution in [3.8, 4) is 0 Å². The van der Waals surface area contributed by atoms with E-state index >= 15 is 0 Å². The predicted molar refractivity (Wildman–Crippen MR) is 43.1 cm³/mol. The van der Waals surface area contributed by atoms with Gasteiger partial charge in [-0.15, -0.1) is 6.58 Å². The summed E-state index contributed by atoms with van der Waals surface area (Å²) >= 11 is 0. The Bertz CT molecular complexity index is 105. The van der Waals surface area contributed by atoms with Crippen molar-refractivity contribution in [3.05, 3.63) is 31.2 Å². The van der Waals surface area contributed by atoms with Crippen LogP contribution in [0.5, 0.6) is 0 Å². The lowest BCUT2D eigenvalue weighted by Crippen LogP contribution is -1.86. The van der Waals surface area contributed by atoms with Gasteiger partial charge in [-0.3, -0.25) is 0 Å². The summed E-state index contributed by atoms with van der Waals surface area (Å²) in [6.45, 7) is 11.6. The van der Waals surface area contributed by atoms with E-state index in [0.29, 0.717) is 5.92 Å². The first kappa shape index (κ1) is 8.48. The zero-order valence-electron chi connectivity index (χ0n) is 6.35. The fourth-order valence-electron chi connectivity index (χ4n) is 0.817. The molecule has 0 amide bonds. The van der Waals surface area contributed by atoms with Crippen LogP contribution in [0.15, 0.2) is 24.3 Å². The maximum atomic E-state index is 3.79. The molecule has 1 atom stereocenters. The zero-order valence-corrected chi connectivity index (χ0v) is 6.35. The van der Waals surface area contributed by atoms with Gasteiger partial charge in [0.1, 0.15) is 0 Å². The van der Waals surface area contributed by atoms with Crippen molar-refractivity contribution in [1.29, 1.82) is 0 Å². The fraction of sp³-hybridized carbons (Fsp3) is 0.444. The lowest BCUT2D eigenvalue weighted by molar-refractivity contribution is 0.741. The molecule has 0 aromatic heterocycles. The van der Waals surface area contributed by atoms with E-state index in [9.17, 15) is 0 Å². The van der Waals surface area contributed by atoms with Crippen molar-refractivity contribution in [2.75, 3.05) is 0 Å². The number of rotatable bonds is 3. The Kier molecular flexibility index (Phi) is 4.12. The molecule has 0 saturated carbocycles. The molecule has 0 aliphatic rings. The maximum Gasteiger partial charge on any atom is -0.0225 e. The molecule has 0 saturated heterocycles. The van der Waals surface area contributed by atoms with Gasteiger partial charge in [0.05, 0.1) is 0 Å². The minimum atomic E-state index is 0.597. The molecule has 51 valence electrons. The molecule has 0 spiro atoms. The van der Waals surface area contributed by atoms with E-state index < -0.39 is 0 Å². The molecule has 0 fully saturated rings. The van der Waals surface area contributed by atoms with Gasteiger partial charge < -0.3 is 0 Å². The molecule has 0 bridgehead atoms. The Morgan fingerprint density at radius 3 is 2.56 bits per heavy atom. The Hall–Kier alpha value is -0.520. The second-order valence-electron chi connectivity index (χ2n) is 2.51. The number of hydrogen-bond donors (Lipinski definition) is 0. The third-order valence-electron chi connectivity index (χ3n) is 1.11. The molecule has 0 aliphatic carbocycles. The quantitative estimate of drug-likeness (QED) is 0.506. The second-order valence-corrected chi connectivity index (χ2v) is 2.51. The van der Waals surface area contributed by atoms with Gasteiger partial charge >= 0.3 is 0 Å². The van der Waals surface area contributed by atoms with Gasteiger partial charge in [0.2, 0.25) is 0 Å². The molecule has 9 heavy (non-hydrogen) atoms. The van der Waals surface area contributed by atoms with Crippen LogP contribution in [0, 0.1) is 12.8 Å². The van der Waals surface area contributed by atoms with Gasteiger partial charge in [0, 0.05) is 0 Å². The molecule has 0 N–H and O–H groups in total. The molecular weight excluding hydrogens is 108 g/mol. The van der Waals surface area contributed by atoms with E-state index in [0.717, 1.165) is 12.0 Å². The minimum absolute atomic E-state index is 0.597. The van der Waals surface area contributed by atoms with Crippen LogP contribution in [0.1, 0.15) is 20.3 Å². The lowest BCUT2D eigenvalue weighted by atomic mass is 10.1. The van der Waals surface area contributed by atoms with Crippen LogP contribution in [0.3, 0.4) is 0 Å². The number of allylic oxidation sites excluding steroid dienone is 3. The van der Waals surface area contributed by atoms with Crippen molar-refractivity contribution in [2.45, 2.75) is 20.3 Å². The van der Waals surface area contributed by atoms with E-state index in [2.05, 4.69) is 26.5 Å². The van der Waals surface area contributed by atoms with E-state index in [1.807, 2.05) is 13.0 Å². The van der Waals surface area contributed by atoms with Gasteiger partial charge in [-0.25, -0.2) is 0 Å². The molecule has 1 unspecified atom stereocenters. The first-order valence-electron chi connectivity index (χ1n) is 3.28. The Labute approximate surface area is 58.3 Å². The van der Waals surface area contributed by atoms with Gasteiger partial charge in [-0.1, -0.05) is 24.6 Å². The van der Waals surface area contributed by atoms with E-state index in [1.54, 1.807) is 0 Å². The van der Waals surface area contributed by atoms with Gasteiger partial charge in [-0.2, -0.15) is 0 Å². The van der Waals surface area contributed by atoms with Crippen molar-refractivity contribution < 1.29 is 0 Å². The van der Waals surface area contributed by atoms with Gasteiger partial charge in [0.25, 0.3) is 0 Å². The lowest BCUT2D eigenvalue weighted by Gasteiger charge is -2.00. The topological polar surface area (TPSA) is 0 Å². The van der Waals surface area contributed by atoms with Crippen LogP contribution in [-0.2, 0) is 0 Å². The van der Waals surface area contributed by atoms with E-state index in [4.69, 9.17) is 0 Å². The second kappa shape index (κ2) is 4.37. The third kappa shape index (κ3) is 5.35. The van der Waals surface area contributed by atoms with Gasteiger partial charge in [-0.05, 0) is 26.2 Å². The van der Waals surface area contributed by atoms with Crippen LogP contribution in [0.4, 0.5) is 0 Å². The Balaban J connectivity index is 3.61. The predicted octanol–water partition coefficient (Wildman–Crippen LogP) is 2.98. The monoisotopic (exact) mass is 123 g/mol. The summed E-state index contributed by atoms with van der Waals surface area (Å²) in [7, 11) is 0. The van der Waals surface area contributed by atoms with Crippen LogP contribution >= 0.6 is 0 Å². The van der Waals surface area contributed by atoms with Crippen molar-refractivity contribution >= 4 is 0 Å². The smallest absolute Gasteiger partial charge is 0.0225 e. The molecule has 1 radical (unpaired) electrons. The Morgan fingerprint density at radius 1 is 1.67 bits per heavy atom. The highest BCUT2D eigenvalue weighted by Crippen LogP contribution is 2.06. The molecule has 0 heterocycles. The standard InChI is InChI=1S/C9H15/c1-5-6-9(4)7-8(2)3/h5,7,9H,1-2,6H2,3-4H3/b8-7-. The highest BCUT2D eigenvalue weighted by atomic mass is 14.0. The van der Waals surface area contributed by atoms with E-state index in [1.165, 1.54) is 0 Å². The summed E-state index contributed by atoms with van der Waals surface area (Å²) in [5.41, 5.74) is 1.14. The average Bonchev–Trinajstić information content (AvgIpc) is 1.63. The van der Waals surface area contributed by atoms with Crippen LogP contribution in [0.2, 0.25) is 0 Å². The maximum absolute atomic E-state index is 3.79. The zero-order chi connectivity index (χ0) is 7.28. The molecule has 0 rings (SSSR count). The SMILES string of the molecule is [CH2]/C(C)=C/C(C)CC=C.